The van der Waals surface area contributed by atoms with Crippen LogP contribution < -0.4 is 9.47 Å². The van der Waals surface area contributed by atoms with Crippen LogP contribution in [0, 0.1) is 0 Å². The van der Waals surface area contributed by atoms with Gasteiger partial charge in [0.15, 0.2) is 0 Å². The summed E-state index contributed by atoms with van der Waals surface area (Å²) in [5.74, 6) is 0.674. The molecule has 0 radical (unpaired) electrons. The highest BCUT2D eigenvalue weighted by Gasteiger charge is 2.08. The first-order valence-electron chi connectivity index (χ1n) is 7.53. The number of nitrogens with zero attached hydrogens (tertiary/aromatic N) is 3. The fourth-order valence-corrected chi connectivity index (χ4v) is 2.00. The molecule has 3 aromatic rings. The van der Waals surface area contributed by atoms with Crippen molar-refractivity contribution in [2.75, 3.05) is 7.11 Å². The topological polar surface area (TPSA) is 73.1 Å². The van der Waals surface area contributed by atoms with E-state index in [4.69, 9.17) is 9.47 Å². The number of methoxy groups -OCH3 is 1. The highest BCUT2D eigenvalue weighted by molar-refractivity contribution is 5.91. The molecule has 2 aromatic carbocycles. The van der Waals surface area contributed by atoms with E-state index in [0.717, 1.165) is 0 Å². The summed E-state index contributed by atoms with van der Waals surface area (Å²) in [5, 5.41) is 8.18. The minimum Gasteiger partial charge on any atom is -0.497 e. The van der Waals surface area contributed by atoms with E-state index < -0.39 is 5.97 Å². The number of carbonyl (C=O) groups is 1. The third-order valence-electron chi connectivity index (χ3n) is 3.30. The van der Waals surface area contributed by atoms with Crippen LogP contribution >= 0.6 is 0 Å². The van der Waals surface area contributed by atoms with Gasteiger partial charge in [-0.05, 0) is 60.7 Å². The number of azo groups is 1. The largest absolute Gasteiger partial charge is 0.497 e. The average molecular weight is 333 g/mol. The molecule has 0 bridgehead atoms. The molecule has 0 aliphatic heterocycles. The number of hydrogen-bond donors (Lipinski definition) is 0. The first-order valence-corrected chi connectivity index (χ1v) is 7.53. The Bertz CT molecular complexity index is 861. The first-order chi connectivity index (χ1) is 12.2. The summed E-state index contributed by atoms with van der Waals surface area (Å²) in [6, 6.07) is 17.1. The summed E-state index contributed by atoms with van der Waals surface area (Å²) >= 11 is 0. The highest BCUT2D eigenvalue weighted by atomic mass is 16.5. The lowest BCUT2D eigenvalue weighted by atomic mass is 10.2. The summed E-state index contributed by atoms with van der Waals surface area (Å²) in [5.41, 5.74) is 1.76. The van der Waals surface area contributed by atoms with Gasteiger partial charge < -0.3 is 9.47 Å². The van der Waals surface area contributed by atoms with E-state index in [-0.39, 0.29) is 0 Å². The van der Waals surface area contributed by atoms with Gasteiger partial charge in [0.2, 0.25) is 0 Å². The number of rotatable bonds is 5. The van der Waals surface area contributed by atoms with E-state index in [2.05, 4.69) is 15.2 Å². The van der Waals surface area contributed by atoms with Crippen molar-refractivity contribution in [2.45, 2.75) is 0 Å². The average Bonchev–Trinajstić information content (AvgIpc) is 2.68. The van der Waals surface area contributed by atoms with Crippen molar-refractivity contribution < 1.29 is 14.3 Å². The second kappa shape index (κ2) is 7.83. The van der Waals surface area contributed by atoms with Crippen molar-refractivity contribution in [1.82, 2.24) is 4.98 Å². The van der Waals surface area contributed by atoms with Crippen LogP contribution in [-0.2, 0) is 0 Å². The molecule has 0 amide bonds. The van der Waals surface area contributed by atoms with Crippen molar-refractivity contribution in [3.8, 4) is 11.5 Å². The Labute approximate surface area is 144 Å². The number of esters is 1. The van der Waals surface area contributed by atoms with E-state index in [1.54, 1.807) is 74.1 Å². The molecule has 0 N–H and O–H groups in total. The van der Waals surface area contributed by atoms with Crippen molar-refractivity contribution in [3.05, 3.63) is 78.6 Å². The Hall–Kier alpha value is -3.54. The van der Waals surface area contributed by atoms with Gasteiger partial charge in [0.25, 0.3) is 0 Å². The van der Waals surface area contributed by atoms with Crippen LogP contribution in [0.5, 0.6) is 11.5 Å². The molecular weight excluding hydrogens is 318 g/mol. The maximum Gasteiger partial charge on any atom is 0.343 e. The molecule has 0 saturated carbocycles. The second-order valence-electron chi connectivity index (χ2n) is 5.02. The molecule has 0 unspecified atom stereocenters. The zero-order valence-corrected chi connectivity index (χ0v) is 13.5. The quantitative estimate of drug-likeness (QED) is 0.384. The van der Waals surface area contributed by atoms with Gasteiger partial charge in [0.1, 0.15) is 17.2 Å². The van der Waals surface area contributed by atoms with Crippen molar-refractivity contribution >= 4 is 17.3 Å². The van der Waals surface area contributed by atoms with Gasteiger partial charge in [0.05, 0.1) is 24.6 Å². The zero-order chi connectivity index (χ0) is 17.5. The Kier molecular flexibility index (Phi) is 5.11. The normalized spacial score (nSPS) is 10.6. The van der Waals surface area contributed by atoms with E-state index >= 15 is 0 Å². The number of aromatic nitrogens is 1. The van der Waals surface area contributed by atoms with Crippen LogP contribution in [0.4, 0.5) is 11.4 Å². The molecule has 0 aliphatic rings. The van der Waals surface area contributed by atoms with Crippen molar-refractivity contribution in [1.29, 1.82) is 0 Å². The van der Waals surface area contributed by atoms with Gasteiger partial charge in [-0.2, -0.15) is 5.11 Å². The van der Waals surface area contributed by atoms with Crippen LogP contribution in [-0.4, -0.2) is 18.1 Å². The molecule has 1 heterocycles. The monoisotopic (exact) mass is 333 g/mol. The smallest absolute Gasteiger partial charge is 0.343 e. The van der Waals surface area contributed by atoms with E-state index in [9.17, 15) is 4.79 Å². The van der Waals surface area contributed by atoms with Crippen molar-refractivity contribution in [2.24, 2.45) is 10.2 Å². The molecule has 6 nitrogen and oxygen atoms in total. The minimum atomic E-state index is -0.438. The summed E-state index contributed by atoms with van der Waals surface area (Å²) in [6.45, 7) is 0. The molecule has 0 spiro atoms. The number of carbonyl (C=O) groups excluding carboxylic acids is 1. The van der Waals surface area contributed by atoms with Crippen LogP contribution in [0.15, 0.2) is 83.3 Å². The van der Waals surface area contributed by atoms with E-state index in [0.29, 0.717) is 28.4 Å². The van der Waals surface area contributed by atoms with E-state index in [1.807, 2.05) is 6.07 Å². The summed E-state index contributed by atoms with van der Waals surface area (Å²) in [7, 11) is 1.57. The van der Waals surface area contributed by atoms with Gasteiger partial charge in [0, 0.05) is 6.20 Å². The van der Waals surface area contributed by atoms with Crippen molar-refractivity contribution in [3.63, 3.8) is 0 Å². The predicted molar refractivity (Wildman–Crippen MR) is 92.8 cm³/mol. The lowest BCUT2D eigenvalue weighted by Crippen LogP contribution is -2.08. The lowest BCUT2D eigenvalue weighted by Gasteiger charge is -2.05. The Morgan fingerprint density at radius 2 is 1.56 bits per heavy atom. The predicted octanol–water partition coefficient (Wildman–Crippen LogP) is 4.72. The molecule has 6 heteroatoms. The molecular formula is C19H15N3O3. The standard InChI is InChI=1S/C19H15N3O3/c1-24-17-8-4-14(5-9-17)19(23)25-18-10-6-15(7-11-18)21-22-16-3-2-12-20-13-16/h2-13H,1H3. The van der Waals surface area contributed by atoms with Gasteiger partial charge in [-0.15, -0.1) is 5.11 Å². The highest BCUT2D eigenvalue weighted by Crippen LogP contribution is 2.22. The fraction of sp³-hybridized carbons (Fsp3) is 0.0526. The number of ether oxygens (including phenoxy) is 2. The van der Waals surface area contributed by atoms with Crippen LogP contribution in [0.3, 0.4) is 0 Å². The first kappa shape index (κ1) is 16.3. The Morgan fingerprint density at radius 3 is 2.20 bits per heavy atom. The van der Waals surface area contributed by atoms with Gasteiger partial charge in [-0.3, -0.25) is 4.98 Å². The van der Waals surface area contributed by atoms with Gasteiger partial charge >= 0.3 is 5.97 Å². The lowest BCUT2D eigenvalue weighted by molar-refractivity contribution is 0.0734. The third kappa shape index (κ3) is 4.48. The number of benzene rings is 2. The molecule has 1 aromatic heterocycles. The Morgan fingerprint density at radius 1 is 0.880 bits per heavy atom. The van der Waals surface area contributed by atoms with Gasteiger partial charge in [-0.1, -0.05) is 0 Å². The fourth-order valence-electron chi connectivity index (χ4n) is 2.00. The van der Waals surface area contributed by atoms with Crippen LogP contribution in [0.2, 0.25) is 0 Å². The van der Waals surface area contributed by atoms with Crippen LogP contribution in [0.25, 0.3) is 0 Å². The third-order valence-corrected chi connectivity index (χ3v) is 3.30. The number of pyridine rings is 1. The maximum atomic E-state index is 12.1. The summed E-state index contributed by atoms with van der Waals surface area (Å²) in [4.78, 5) is 16.1. The SMILES string of the molecule is COc1ccc(C(=O)Oc2ccc(N=Nc3cccnc3)cc2)cc1. The summed E-state index contributed by atoms with van der Waals surface area (Å²) in [6.07, 6.45) is 3.29. The molecule has 124 valence electrons. The molecule has 0 atom stereocenters. The maximum absolute atomic E-state index is 12.1. The molecule has 0 aliphatic carbocycles. The minimum absolute atomic E-state index is 0.432. The van der Waals surface area contributed by atoms with E-state index in [1.165, 1.54) is 0 Å². The summed E-state index contributed by atoms with van der Waals surface area (Å²) < 4.78 is 10.4. The number of hydrogen-bond acceptors (Lipinski definition) is 6. The molecule has 3 rings (SSSR count). The molecule has 25 heavy (non-hydrogen) atoms. The second-order valence-corrected chi connectivity index (χ2v) is 5.02. The Balaban J connectivity index is 1.63. The van der Waals surface area contributed by atoms with Crippen LogP contribution in [0.1, 0.15) is 10.4 Å². The molecule has 0 fully saturated rings. The van der Waals surface area contributed by atoms with Gasteiger partial charge in [-0.25, -0.2) is 4.79 Å². The molecule has 0 saturated heterocycles. The zero-order valence-electron chi connectivity index (χ0n) is 13.5.